The van der Waals surface area contributed by atoms with Crippen LogP contribution in [-0.4, -0.2) is 30.6 Å². The number of hydrogen-bond donors (Lipinski definition) is 1. The van der Waals surface area contributed by atoms with Gasteiger partial charge in [0.1, 0.15) is 5.78 Å². The van der Waals surface area contributed by atoms with Crippen molar-refractivity contribution in [2.45, 2.75) is 82.4 Å². The lowest BCUT2D eigenvalue weighted by molar-refractivity contribution is -0.121. The molecule has 3 aliphatic rings. The first kappa shape index (κ1) is 13.6. The van der Waals surface area contributed by atoms with Gasteiger partial charge in [0.15, 0.2) is 0 Å². The molecule has 0 aromatic rings. The lowest BCUT2D eigenvalue weighted by Crippen LogP contribution is -2.37. The Balaban J connectivity index is 1.38. The highest BCUT2D eigenvalue weighted by Crippen LogP contribution is 2.33. The summed E-state index contributed by atoms with van der Waals surface area (Å²) in [6, 6.07) is 0.804. The van der Waals surface area contributed by atoms with Crippen molar-refractivity contribution in [3.05, 3.63) is 0 Å². The minimum absolute atomic E-state index is 0.164. The van der Waals surface area contributed by atoms with Crippen LogP contribution in [0.15, 0.2) is 0 Å². The Morgan fingerprint density at radius 2 is 2.05 bits per heavy atom. The molecule has 0 aromatic heterocycles. The van der Waals surface area contributed by atoms with E-state index in [1.54, 1.807) is 0 Å². The van der Waals surface area contributed by atoms with Gasteiger partial charge < -0.3 is 10.1 Å². The van der Waals surface area contributed by atoms with E-state index in [0.29, 0.717) is 17.9 Å². The lowest BCUT2D eigenvalue weighted by atomic mass is 9.84. The van der Waals surface area contributed by atoms with E-state index in [0.717, 1.165) is 38.2 Å². The summed E-state index contributed by atoms with van der Waals surface area (Å²) in [5.41, 5.74) is 0. The Bertz CT molecular complexity index is 298. The predicted molar refractivity (Wildman–Crippen MR) is 75.1 cm³/mol. The molecule has 2 saturated heterocycles. The third-order valence-corrected chi connectivity index (χ3v) is 5.22. The molecule has 1 saturated carbocycles. The van der Waals surface area contributed by atoms with Crippen molar-refractivity contribution in [2.75, 3.05) is 6.61 Å². The zero-order valence-corrected chi connectivity index (χ0v) is 11.9. The number of carbonyl (C=O) groups is 1. The van der Waals surface area contributed by atoms with Crippen LogP contribution in [0.1, 0.15) is 64.2 Å². The number of Topliss-reactive ketones (excluding diaryl/α,β-unsaturated/α-hetero) is 1. The van der Waals surface area contributed by atoms with E-state index in [1.165, 1.54) is 38.5 Å². The van der Waals surface area contributed by atoms with Crippen LogP contribution in [0.2, 0.25) is 0 Å². The van der Waals surface area contributed by atoms with Gasteiger partial charge in [-0.05, 0) is 50.9 Å². The molecule has 0 spiro atoms. The average molecular weight is 265 g/mol. The quantitative estimate of drug-likeness (QED) is 0.830. The van der Waals surface area contributed by atoms with Gasteiger partial charge in [-0.1, -0.05) is 12.8 Å². The Morgan fingerprint density at radius 3 is 2.84 bits per heavy atom. The summed E-state index contributed by atoms with van der Waals surface area (Å²) >= 11 is 0. The second-order valence-corrected chi connectivity index (χ2v) is 6.60. The standard InChI is InChI=1S/C16H27NO2/c18-16(9-3-6-13-7-4-10-19-13)15-11-12-5-1-2-8-14(12)17-15/h12-15,17H,1-11H2. The molecule has 0 aromatic carbocycles. The second-order valence-electron chi connectivity index (χ2n) is 6.60. The van der Waals surface area contributed by atoms with Gasteiger partial charge in [-0.25, -0.2) is 0 Å². The molecule has 2 heterocycles. The van der Waals surface area contributed by atoms with Gasteiger partial charge in [0.05, 0.1) is 12.1 Å². The van der Waals surface area contributed by atoms with Crippen LogP contribution in [0, 0.1) is 5.92 Å². The summed E-state index contributed by atoms with van der Waals surface area (Å²) in [5, 5.41) is 3.59. The molecule has 2 aliphatic heterocycles. The van der Waals surface area contributed by atoms with Gasteiger partial charge in [0.2, 0.25) is 0 Å². The number of hydrogen-bond acceptors (Lipinski definition) is 3. The zero-order valence-electron chi connectivity index (χ0n) is 11.9. The molecule has 1 N–H and O–H groups in total. The monoisotopic (exact) mass is 265 g/mol. The highest BCUT2D eigenvalue weighted by atomic mass is 16.5. The molecule has 0 bridgehead atoms. The number of rotatable bonds is 5. The molecule has 3 nitrogen and oxygen atoms in total. The average Bonchev–Trinajstić information content (AvgIpc) is 3.07. The molecule has 0 radical (unpaired) electrons. The van der Waals surface area contributed by atoms with Gasteiger partial charge in [-0.15, -0.1) is 0 Å². The van der Waals surface area contributed by atoms with Crippen LogP contribution in [0.3, 0.4) is 0 Å². The van der Waals surface area contributed by atoms with E-state index in [-0.39, 0.29) is 6.04 Å². The van der Waals surface area contributed by atoms with Crippen molar-refractivity contribution in [3.63, 3.8) is 0 Å². The van der Waals surface area contributed by atoms with E-state index in [4.69, 9.17) is 4.74 Å². The third-order valence-electron chi connectivity index (χ3n) is 5.22. The van der Waals surface area contributed by atoms with Crippen molar-refractivity contribution < 1.29 is 9.53 Å². The smallest absolute Gasteiger partial charge is 0.149 e. The number of fused-ring (bicyclic) bond motifs is 1. The van der Waals surface area contributed by atoms with E-state index in [9.17, 15) is 4.79 Å². The first-order valence-electron chi connectivity index (χ1n) is 8.23. The summed E-state index contributed by atoms with van der Waals surface area (Å²) in [5.74, 6) is 1.23. The van der Waals surface area contributed by atoms with Gasteiger partial charge >= 0.3 is 0 Å². The summed E-state index contributed by atoms with van der Waals surface area (Å²) < 4.78 is 5.61. The van der Waals surface area contributed by atoms with Gasteiger partial charge in [0, 0.05) is 19.1 Å². The highest BCUT2D eigenvalue weighted by molar-refractivity contribution is 5.84. The van der Waals surface area contributed by atoms with Crippen LogP contribution in [0.25, 0.3) is 0 Å². The highest BCUT2D eigenvalue weighted by Gasteiger charge is 2.37. The van der Waals surface area contributed by atoms with Crippen molar-refractivity contribution in [2.24, 2.45) is 5.92 Å². The molecule has 4 atom stereocenters. The van der Waals surface area contributed by atoms with E-state index < -0.39 is 0 Å². The number of ketones is 1. The Labute approximate surface area is 116 Å². The molecular weight excluding hydrogens is 238 g/mol. The van der Waals surface area contributed by atoms with Crippen LogP contribution in [0.4, 0.5) is 0 Å². The Kier molecular flexibility index (Phi) is 4.54. The molecule has 4 unspecified atom stereocenters. The molecule has 0 amide bonds. The van der Waals surface area contributed by atoms with Gasteiger partial charge in [-0.3, -0.25) is 4.79 Å². The van der Waals surface area contributed by atoms with Gasteiger partial charge in [0.25, 0.3) is 0 Å². The second kappa shape index (κ2) is 6.36. The number of ether oxygens (including phenoxy) is 1. The third kappa shape index (κ3) is 3.38. The first-order valence-corrected chi connectivity index (χ1v) is 8.23. The fourth-order valence-electron chi connectivity index (χ4n) is 4.11. The predicted octanol–water partition coefficient (Wildman–Crippen LogP) is 2.83. The molecule has 108 valence electrons. The summed E-state index contributed by atoms with van der Waals surface area (Å²) in [4.78, 5) is 12.3. The first-order chi connectivity index (χ1) is 9.33. The van der Waals surface area contributed by atoms with Crippen LogP contribution in [-0.2, 0) is 9.53 Å². The van der Waals surface area contributed by atoms with E-state index >= 15 is 0 Å². The Hall–Kier alpha value is -0.410. The maximum Gasteiger partial charge on any atom is 0.149 e. The number of nitrogens with one attached hydrogen (secondary N) is 1. The fourth-order valence-corrected chi connectivity index (χ4v) is 4.11. The van der Waals surface area contributed by atoms with Gasteiger partial charge in [-0.2, -0.15) is 0 Å². The normalized spacial score (nSPS) is 38.3. The lowest BCUT2D eigenvalue weighted by Gasteiger charge is -2.24. The molecule has 1 aliphatic carbocycles. The summed E-state index contributed by atoms with van der Waals surface area (Å²) in [6.07, 6.45) is 12.1. The minimum Gasteiger partial charge on any atom is -0.378 e. The molecule has 3 fully saturated rings. The molecule has 3 heteroatoms. The number of carbonyl (C=O) groups excluding carboxylic acids is 1. The van der Waals surface area contributed by atoms with E-state index in [1.807, 2.05) is 0 Å². The summed E-state index contributed by atoms with van der Waals surface area (Å²) in [7, 11) is 0. The van der Waals surface area contributed by atoms with Crippen molar-refractivity contribution in [1.82, 2.24) is 5.32 Å². The van der Waals surface area contributed by atoms with Crippen molar-refractivity contribution in [1.29, 1.82) is 0 Å². The minimum atomic E-state index is 0.164. The molecule has 3 rings (SSSR count). The molecular formula is C16H27NO2. The van der Waals surface area contributed by atoms with Crippen LogP contribution < -0.4 is 5.32 Å². The SMILES string of the molecule is O=C(CCCC1CCCO1)C1CC2CCCCC2N1. The van der Waals surface area contributed by atoms with Crippen molar-refractivity contribution in [3.8, 4) is 0 Å². The van der Waals surface area contributed by atoms with Crippen LogP contribution >= 0.6 is 0 Å². The van der Waals surface area contributed by atoms with Crippen molar-refractivity contribution >= 4 is 5.78 Å². The van der Waals surface area contributed by atoms with Crippen LogP contribution in [0.5, 0.6) is 0 Å². The maximum absolute atomic E-state index is 12.3. The zero-order chi connectivity index (χ0) is 13.1. The largest absolute Gasteiger partial charge is 0.378 e. The summed E-state index contributed by atoms with van der Waals surface area (Å²) in [6.45, 7) is 0.923. The molecule has 19 heavy (non-hydrogen) atoms. The Morgan fingerprint density at radius 1 is 1.16 bits per heavy atom. The fraction of sp³-hybridized carbons (Fsp3) is 0.938. The maximum atomic E-state index is 12.3. The topological polar surface area (TPSA) is 38.3 Å². The van der Waals surface area contributed by atoms with E-state index in [2.05, 4.69) is 5.32 Å².